The summed E-state index contributed by atoms with van der Waals surface area (Å²) < 4.78 is 6.13. The van der Waals surface area contributed by atoms with Gasteiger partial charge >= 0.3 is 0 Å². The molecule has 1 amide bonds. The lowest BCUT2D eigenvalue weighted by atomic mass is 9.86. The van der Waals surface area contributed by atoms with E-state index in [1.165, 1.54) is 0 Å². The zero-order chi connectivity index (χ0) is 22.8. The molecule has 0 saturated carbocycles. The molecule has 4 rings (SSSR count). The number of likely N-dealkylation sites (tertiary alicyclic amines) is 1. The van der Waals surface area contributed by atoms with Gasteiger partial charge in [-0.2, -0.15) is 0 Å². The second-order valence-electron chi connectivity index (χ2n) is 7.98. The van der Waals surface area contributed by atoms with E-state index >= 15 is 0 Å². The Morgan fingerprint density at radius 3 is 2.50 bits per heavy atom. The number of hydrogen-bond donors (Lipinski definition) is 0. The van der Waals surface area contributed by atoms with E-state index in [0.29, 0.717) is 39.6 Å². The Kier molecular flexibility index (Phi) is 6.89. The van der Waals surface area contributed by atoms with Gasteiger partial charge < -0.3 is 9.64 Å². The van der Waals surface area contributed by atoms with Crippen LogP contribution in [0.4, 0.5) is 0 Å². The van der Waals surface area contributed by atoms with Crippen molar-refractivity contribution in [1.29, 1.82) is 0 Å². The van der Waals surface area contributed by atoms with Crippen LogP contribution in [0, 0.1) is 12.8 Å². The predicted molar refractivity (Wildman–Crippen MR) is 127 cm³/mol. The first-order valence-corrected chi connectivity index (χ1v) is 11.4. The van der Waals surface area contributed by atoms with Gasteiger partial charge in [0.25, 0.3) is 5.91 Å². The van der Waals surface area contributed by atoms with Crippen LogP contribution in [0.15, 0.2) is 54.9 Å². The second kappa shape index (κ2) is 9.65. The first kappa shape index (κ1) is 22.8. The summed E-state index contributed by atoms with van der Waals surface area (Å²) >= 11 is 18.4. The smallest absolute Gasteiger partial charge is 0.255 e. The summed E-state index contributed by atoms with van der Waals surface area (Å²) in [5, 5.41) is 1.53. The van der Waals surface area contributed by atoms with Crippen LogP contribution >= 0.6 is 34.8 Å². The average Bonchev–Trinajstić information content (AvgIpc) is 3.23. The molecule has 0 bridgehead atoms. The topological polar surface area (TPSA) is 55.3 Å². The molecule has 1 aliphatic rings. The Balaban J connectivity index is 1.61. The van der Waals surface area contributed by atoms with Gasteiger partial charge in [0, 0.05) is 49.1 Å². The van der Waals surface area contributed by atoms with Gasteiger partial charge in [0.05, 0.1) is 20.6 Å². The Bertz CT molecular complexity index is 1110. The first-order chi connectivity index (χ1) is 15.3. The van der Waals surface area contributed by atoms with Crippen molar-refractivity contribution in [3.05, 3.63) is 86.7 Å². The highest BCUT2D eigenvalue weighted by molar-refractivity contribution is 6.42. The summed E-state index contributed by atoms with van der Waals surface area (Å²) in [4.78, 5) is 23.5. The summed E-state index contributed by atoms with van der Waals surface area (Å²) in [5.74, 6) is 0.477. The van der Waals surface area contributed by atoms with Crippen molar-refractivity contribution >= 4 is 40.7 Å². The van der Waals surface area contributed by atoms with Crippen molar-refractivity contribution in [2.75, 3.05) is 13.1 Å². The number of amides is 1. The van der Waals surface area contributed by atoms with Crippen LogP contribution in [0.3, 0.4) is 0 Å². The van der Waals surface area contributed by atoms with Crippen LogP contribution in [0.5, 0.6) is 5.88 Å². The molecule has 5 nitrogen and oxygen atoms in total. The van der Waals surface area contributed by atoms with Gasteiger partial charge in [-0.15, -0.1) is 0 Å². The molecule has 1 saturated heterocycles. The third-order valence-electron chi connectivity index (χ3n) is 5.79. The minimum Gasteiger partial charge on any atom is -0.474 e. The predicted octanol–water partition coefficient (Wildman–Crippen LogP) is 6.07. The fourth-order valence-corrected chi connectivity index (χ4v) is 4.47. The minimum atomic E-state index is -0.211. The Morgan fingerprint density at radius 2 is 1.84 bits per heavy atom. The molecule has 1 aromatic carbocycles. The largest absolute Gasteiger partial charge is 0.474 e. The van der Waals surface area contributed by atoms with Crippen molar-refractivity contribution in [2.45, 2.75) is 25.9 Å². The SMILES string of the molecule is Cc1ccc(C(=O)N2CC([C@@H](C)Oc3ccc(Cl)cn3)[C@H](c3ccc(Cl)c(Cl)c3)C2)cn1. The number of rotatable bonds is 5. The van der Waals surface area contributed by atoms with Crippen LogP contribution in [0.2, 0.25) is 15.1 Å². The minimum absolute atomic E-state index is 0.0204. The van der Waals surface area contributed by atoms with Gasteiger partial charge in [0.2, 0.25) is 5.88 Å². The number of carbonyl (C=O) groups excluding carboxylic acids is 1. The number of aryl methyl sites for hydroxylation is 1. The number of benzene rings is 1. The molecule has 1 unspecified atom stereocenters. The standard InChI is InChI=1S/C24H22Cl3N3O2/c1-14-3-4-17(10-28-14)24(31)30-12-19(15(2)32-23-8-6-18(25)11-29-23)20(13-30)16-5-7-21(26)22(27)9-16/h3-11,15,19-20H,12-13H2,1-2H3/t15-,19?,20+/m1/s1. The monoisotopic (exact) mass is 489 g/mol. The average molecular weight is 491 g/mol. The van der Waals surface area contributed by atoms with Gasteiger partial charge in [-0.3, -0.25) is 9.78 Å². The lowest BCUT2D eigenvalue weighted by molar-refractivity contribution is 0.0769. The van der Waals surface area contributed by atoms with Crippen LogP contribution in [0.1, 0.15) is 34.5 Å². The molecule has 3 aromatic rings. The van der Waals surface area contributed by atoms with Crippen molar-refractivity contribution in [1.82, 2.24) is 14.9 Å². The van der Waals surface area contributed by atoms with E-state index in [2.05, 4.69) is 9.97 Å². The molecule has 3 heterocycles. The summed E-state index contributed by atoms with van der Waals surface area (Å²) in [6, 6.07) is 12.7. The Hall–Kier alpha value is -2.34. The first-order valence-electron chi connectivity index (χ1n) is 10.3. The summed E-state index contributed by atoms with van der Waals surface area (Å²) in [5.41, 5.74) is 2.45. The van der Waals surface area contributed by atoms with Gasteiger partial charge in [-0.1, -0.05) is 40.9 Å². The van der Waals surface area contributed by atoms with Gasteiger partial charge in [-0.05, 0) is 49.7 Å². The van der Waals surface area contributed by atoms with E-state index in [1.807, 2.05) is 43.0 Å². The maximum atomic E-state index is 13.2. The number of pyridine rings is 2. The Labute approximate surface area is 202 Å². The molecule has 1 aliphatic heterocycles. The van der Waals surface area contributed by atoms with Gasteiger partial charge in [-0.25, -0.2) is 4.98 Å². The maximum absolute atomic E-state index is 13.2. The highest BCUT2D eigenvalue weighted by Gasteiger charge is 2.40. The zero-order valence-electron chi connectivity index (χ0n) is 17.6. The van der Waals surface area contributed by atoms with E-state index in [9.17, 15) is 4.79 Å². The second-order valence-corrected chi connectivity index (χ2v) is 9.23. The van der Waals surface area contributed by atoms with E-state index in [1.54, 1.807) is 30.6 Å². The summed E-state index contributed by atoms with van der Waals surface area (Å²) in [6.07, 6.45) is 2.96. The number of halogens is 3. The van der Waals surface area contributed by atoms with Crippen molar-refractivity contribution in [3.8, 4) is 5.88 Å². The van der Waals surface area contributed by atoms with Crippen LogP contribution in [0.25, 0.3) is 0 Å². The maximum Gasteiger partial charge on any atom is 0.255 e. The molecule has 8 heteroatoms. The lowest BCUT2D eigenvalue weighted by Gasteiger charge is -2.25. The van der Waals surface area contributed by atoms with E-state index in [-0.39, 0.29) is 23.8 Å². The summed E-state index contributed by atoms with van der Waals surface area (Å²) in [7, 11) is 0. The number of ether oxygens (including phenoxy) is 1. The quantitative estimate of drug-likeness (QED) is 0.436. The number of hydrogen-bond acceptors (Lipinski definition) is 4. The third kappa shape index (κ3) is 5.01. The molecule has 0 aliphatic carbocycles. The molecule has 2 aromatic heterocycles. The molecule has 1 fully saturated rings. The number of carbonyl (C=O) groups is 1. The molecule has 0 spiro atoms. The molecular weight excluding hydrogens is 469 g/mol. The molecular formula is C24H22Cl3N3O2. The fourth-order valence-electron chi connectivity index (χ4n) is 4.05. The third-order valence-corrected chi connectivity index (χ3v) is 6.75. The van der Waals surface area contributed by atoms with Crippen molar-refractivity contribution in [3.63, 3.8) is 0 Å². The highest BCUT2D eigenvalue weighted by atomic mass is 35.5. The molecule has 0 N–H and O–H groups in total. The zero-order valence-corrected chi connectivity index (χ0v) is 19.9. The molecule has 32 heavy (non-hydrogen) atoms. The van der Waals surface area contributed by atoms with Crippen LogP contribution in [-0.4, -0.2) is 40.0 Å². The van der Waals surface area contributed by atoms with Crippen LogP contribution in [-0.2, 0) is 0 Å². The number of aromatic nitrogens is 2. The normalized spacial score (nSPS) is 19.1. The van der Waals surface area contributed by atoms with E-state index in [0.717, 1.165) is 11.3 Å². The van der Waals surface area contributed by atoms with Gasteiger partial charge in [0.1, 0.15) is 6.10 Å². The van der Waals surface area contributed by atoms with Crippen LogP contribution < -0.4 is 4.74 Å². The Morgan fingerprint density at radius 1 is 1.03 bits per heavy atom. The summed E-state index contributed by atoms with van der Waals surface area (Å²) in [6.45, 7) is 4.96. The molecule has 3 atom stereocenters. The van der Waals surface area contributed by atoms with Gasteiger partial charge in [0.15, 0.2) is 0 Å². The number of nitrogens with zero attached hydrogens (tertiary/aromatic N) is 3. The van der Waals surface area contributed by atoms with E-state index < -0.39 is 0 Å². The van der Waals surface area contributed by atoms with Crippen molar-refractivity contribution in [2.24, 2.45) is 5.92 Å². The lowest BCUT2D eigenvalue weighted by Crippen LogP contribution is -2.32. The molecule has 166 valence electrons. The highest BCUT2D eigenvalue weighted by Crippen LogP contribution is 2.38. The molecule has 0 radical (unpaired) electrons. The fraction of sp³-hybridized carbons (Fsp3) is 0.292. The van der Waals surface area contributed by atoms with Crippen molar-refractivity contribution < 1.29 is 9.53 Å². The van der Waals surface area contributed by atoms with E-state index in [4.69, 9.17) is 39.5 Å².